The number of fused-ring (bicyclic) bond motifs is 1. The maximum Gasteiger partial charge on any atom is 0.410 e. The largest absolute Gasteiger partial charge is 0.492 e. The zero-order chi connectivity index (χ0) is 26.4. The Morgan fingerprint density at radius 3 is 2.57 bits per heavy atom. The lowest BCUT2D eigenvalue weighted by Gasteiger charge is -2.32. The first kappa shape index (κ1) is 26.2. The fourth-order valence-corrected chi connectivity index (χ4v) is 4.87. The van der Waals surface area contributed by atoms with Crippen LogP contribution in [0.5, 0.6) is 5.75 Å². The predicted octanol–water partition coefficient (Wildman–Crippen LogP) is 5.40. The standard InChI is InChI=1S/C27H32FN3O6/c1-2-36-24-10-6-20(28)15-23(24)30-26(34)29-21-7-5-19-16-31(12-11-18(19)14-21)27(35)37-22-8-3-17(4-9-22)13-25(32)33/h5-7,10,14-15,17,22H,2-4,8-9,11-13,16H2,1H3,(H,32,33)(H2,29,30,34). The van der Waals surface area contributed by atoms with Crippen molar-refractivity contribution in [1.29, 1.82) is 0 Å². The number of carbonyl (C=O) groups excluding carboxylic acids is 2. The van der Waals surface area contributed by atoms with E-state index < -0.39 is 17.8 Å². The smallest absolute Gasteiger partial charge is 0.410 e. The molecular weight excluding hydrogens is 481 g/mol. The molecule has 0 radical (unpaired) electrons. The third-order valence-electron chi connectivity index (χ3n) is 6.75. The van der Waals surface area contributed by atoms with E-state index in [4.69, 9.17) is 14.6 Å². The van der Waals surface area contributed by atoms with Crippen LogP contribution in [0.4, 0.5) is 25.4 Å². The average molecular weight is 514 g/mol. The van der Waals surface area contributed by atoms with Crippen LogP contribution in [-0.4, -0.2) is 47.4 Å². The molecule has 3 N–H and O–H groups in total. The first-order valence-corrected chi connectivity index (χ1v) is 12.6. The predicted molar refractivity (Wildman–Crippen MR) is 135 cm³/mol. The Kier molecular flexibility index (Phi) is 8.47. The molecular formula is C27H32FN3O6. The van der Waals surface area contributed by atoms with Gasteiger partial charge in [-0.1, -0.05) is 6.07 Å². The van der Waals surface area contributed by atoms with Crippen LogP contribution >= 0.6 is 0 Å². The fraction of sp³-hybridized carbons (Fsp3) is 0.444. The van der Waals surface area contributed by atoms with Gasteiger partial charge in [-0.2, -0.15) is 0 Å². The molecule has 3 amide bonds. The lowest BCUT2D eigenvalue weighted by molar-refractivity contribution is -0.138. The molecule has 0 aromatic heterocycles. The molecule has 198 valence electrons. The minimum Gasteiger partial charge on any atom is -0.492 e. The van der Waals surface area contributed by atoms with Gasteiger partial charge in [-0.15, -0.1) is 0 Å². The fourth-order valence-electron chi connectivity index (χ4n) is 4.87. The minimum absolute atomic E-state index is 0.153. The highest BCUT2D eigenvalue weighted by Crippen LogP contribution is 2.30. The molecule has 2 aromatic rings. The number of hydrogen-bond acceptors (Lipinski definition) is 5. The maximum atomic E-state index is 13.6. The number of anilines is 2. The van der Waals surface area contributed by atoms with E-state index in [-0.39, 0.29) is 30.2 Å². The summed E-state index contributed by atoms with van der Waals surface area (Å²) >= 11 is 0. The molecule has 37 heavy (non-hydrogen) atoms. The molecule has 0 spiro atoms. The normalized spacial score (nSPS) is 18.9. The number of ether oxygens (including phenoxy) is 2. The van der Waals surface area contributed by atoms with Crippen molar-refractivity contribution in [3.05, 3.63) is 53.3 Å². The van der Waals surface area contributed by atoms with Gasteiger partial charge in [0.2, 0.25) is 0 Å². The van der Waals surface area contributed by atoms with Crippen LogP contribution in [0.2, 0.25) is 0 Å². The lowest BCUT2D eigenvalue weighted by Crippen LogP contribution is -2.39. The summed E-state index contributed by atoms with van der Waals surface area (Å²) in [4.78, 5) is 37.8. The summed E-state index contributed by atoms with van der Waals surface area (Å²) < 4.78 is 24.8. The topological polar surface area (TPSA) is 117 Å². The second kappa shape index (κ2) is 11.9. The van der Waals surface area contributed by atoms with Crippen LogP contribution in [0, 0.1) is 11.7 Å². The van der Waals surface area contributed by atoms with E-state index in [0.717, 1.165) is 24.0 Å². The van der Waals surface area contributed by atoms with Crippen LogP contribution in [-0.2, 0) is 22.5 Å². The monoisotopic (exact) mass is 513 g/mol. The Morgan fingerprint density at radius 1 is 1.05 bits per heavy atom. The number of aliphatic carboxylic acids is 1. The molecule has 10 heteroatoms. The number of rotatable bonds is 7. The van der Waals surface area contributed by atoms with Crippen LogP contribution in [0.25, 0.3) is 0 Å². The molecule has 1 fully saturated rings. The molecule has 9 nitrogen and oxygen atoms in total. The van der Waals surface area contributed by atoms with Crippen molar-refractivity contribution in [2.75, 3.05) is 23.8 Å². The summed E-state index contributed by atoms with van der Waals surface area (Å²) in [6.45, 7) is 3.09. The van der Waals surface area contributed by atoms with Gasteiger partial charge < -0.3 is 30.1 Å². The van der Waals surface area contributed by atoms with Crippen LogP contribution in [0.1, 0.15) is 50.2 Å². The van der Waals surface area contributed by atoms with Crippen LogP contribution < -0.4 is 15.4 Å². The van der Waals surface area contributed by atoms with Gasteiger partial charge in [0, 0.05) is 31.3 Å². The third kappa shape index (κ3) is 7.12. The van der Waals surface area contributed by atoms with Gasteiger partial charge in [-0.3, -0.25) is 4.79 Å². The number of carboxylic acid groups (broad SMARTS) is 1. The Bertz CT molecular complexity index is 1150. The maximum absolute atomic E-state index is 13.6. The van der Waals surface area contributed by atoms with E-state index in [9.17, 15) is 18.8 Å². The first-order chi connectivity index (χ1) is 17.8. The van der Waals surface area contributed by atoms with Crippen molar-refractivity contribution in [3.8, 4) is 5.75 Å². The van der Waals surface area contributed by atoms with Crippen molar-refractivity contribution >= 4 is 29.5 Å². The van der Waals surface area contributed by atoms with Crippen molar-refractivity contribution in [2.45, 2.75) is 58.1 Å². The molecule has 1 saturated carbocycles. The van der Waals surface area contributed by atoms with E-state index in [1.54, 1.807) is 17.9 Å². The summed E-state index contributed by atoms with van der Waals surface area (Å²) in [5.74, 6) is -0.736. The van der Waals surface area contributed by atoms with E-state index >= 15 is 0 Å². The van der Waals surface area contributed by atoms with E-state index in [0.29, 0.717) is 50.4 Å². The summed E-state index contributed by atoms with van der Waals surface area (Å²) in [7, 11) is 0. The van der Waals surface area contributed by atoms with Gasteiger partial charge in [-0.25, -0.2) is 14.0 Å². The first-order valence-electron chi connectivity index (χ1n) is 12.6. The Morgan fingerprint density at radius 2 is 1.84 bits per heavy atom. The average Bonchev–Trinajstić information content (AvgIpc) is 2.86. The number of benzene rings is 2. The summed E-state index contributed by atoms with van der Waals surface area (Å²) in [6.07, 6.45) is 3.14. The summed E-state index contributed by atoms with van der Waals surface area (Å²) in [5, 5.41) is 14.3. The second-order valence-corrected chi connectivity index (χ2v) is 9.43. The molecule has 1 heterocycles. The summed E-state index contributed by atoms with van der Waals surface area (Å²) in [5.41, 5.74) is 2.82. The number of amides is 3. The molecule has 2 aromatic carbocycles. The number of carboxylic acids is 1. The SMILES string of the molecule is CCOc1ccc(F)cc1NC(=O)Nc1ccc2c(c1)CCN(C(=O)OC1CCC(CC(=O)O)CC1)C2. The van der Waals surface area contributed by atoms with Gasteiger partial charge in [-0.05, 0) is 80.3 Å². The lowest BCUT2D eigenvalue weighted by atomic mass is 9.85. The van der Waals surface area contributed by atoms with Crippen LogP contribution in [0.3, 0.4) is 0 Å². The Balaban J connectivity index is 1.29. The van der Waals surface area contributed by atoms with E-state index in [1.807, 2.05) is 12.1 Å². The summed E-state index contributed by atoms with van der Waals surface area (Å²) in [6, 6.07) is 8.91. The number of hydrogen-bond donors (Lipinski definition) is 3. The number of nitrogens with zero attached hydrogens (tertiary/aromatic N) is 1. The Labute approximate surface area is 214 Å². The van der Waals surface area contributed by atoms with E-state index in [1.165, 1.54) is 18.2 Å². The highest BCUT2D eigenvalue weighted by Gasteiger charge is 2.28. The zero-order valence-electron chi connectivity index (χ0n) is 20.8. The van der Waals surface area contributed by atoms with Gasteiger partial charge in [0.1, 0.15) is 17.7 Å². The van der Waals surface area contributed by atoms with Crippen molar-refractivity contribution in [1.82, 2.24) is 4.90 Å². The highest BCUT2D eigenvalue weighted by molar-refractivity contribution is 6.00. The number of nitrogens with one attached hydrogen (secondary N) is 2. The molecule has 4 rings (SSSR count). The zero-order valence-corrected chi connectivity index (χ0v) is 20.8. The van der Waals surface area contributed by atoms with Crippen molar-refractivity contribution < 1.29 is 33.4 Å². The highest BCUT2D eigenvalue weighted by atomic mass is 19.1. The quantitative estimate of drug-likeness (QED) is 0.457. The number of urea groups is 1. The molecule has 1 aliphatic carbocycles. The minimum atomic E-state index is -0.784. The van der Waals surface area contributed by atoms with Gasteiger partial charge >= 0.3 is 18.1 Å². The van der Waals surface area contributed by atoms with Gasteiger partial charge in [0.15, 0.2) is 0 Å². The van der Waals surface area contributed by atoms with Crippen molar-refractivity contribution in [3.63, 3.8) is 0 Å². The van der Waals surface area contributed by atoms with Crippen LogP contribution in [0.15, 0.2) is 36.4 Å². The third-order valence-corrected chi connectivity index (χ3v) is 6.75. The van der Waals surface area contributed by atoms with Gasteiger partial charge in [0.05, 0.1) is 12.3 Å². The van der Waals surface area contributed by atoms with E-state index in [2.05, 4.69) is 10.6 Å². The molecule has 0 atom stereocenters. The molecule has 0 saturated heterocycles. The van der Waals surface area contributed by atoms with Crippen molar-refractivity contribution in [2.24, 2.45) is 5.92 Å². The molecule has 0 unspecified atom stereocenters. The molecule has 2 aliphatic rings. The number of halogens is 1. The molecule has 1 aliphatic heterocycles. The Hall–Kier alpha value is -3.82. The molecule has 0 bridgehead atoms. The second-order valence-electron chi connectivity index (χ2n) is 9.43. The van der Waals surface area contributed by atoms with Gasteiger partial charge in [0.25, 0.3) is 0 Å². The number of carbonyl (C=O) groups is 3.